The van der Waals surface area contributed by atoms with Crippen molar-refractivity contribution in [1.29, 1.82) is 0 Å². The van der Waals surface area contributed by atoms with Gasteiger partial charge in [-0.25, -0.2) is 9.59 Å². The monoisotopic (exact) mass is 232 g/mol. The second-order valence-corrected chi connectivity index (χ2v) is 2.55. The highest BCUT2D eigenvalue weighted by atomic mass is 16.5. The summed E-state index contributed by atoms with van der Waals surface area (Å²) < 4.78 is 9.42. The maximum absolute atomic E-state index is 11.2. The van der Waals surface area contributed by atoms with Crippen LogP contribution in [0.4, 0.5) is 9.59 Å². The van der Waals surface area contributed by atoms with Gasteiger partial charge in [0.2, 0.25) is 0 Å². The Morgan fingerprint density at radius 3 is 2.50 bits per heavy atom. The standard InChI is InChI=1S/C8H16N4O4/c1-9-6(13)11-8(16-3)12-7(14)10-4-5-15-2/h4-5H2,1-3H3,(H3,9,10,11,12,13,14). The summed E-state index contributed by atoms with van der Waals surface area (Å²) in [6, 6.07) is -1.33. The number of rotatable bonds is 3. The Balaban J connectivity index is 4.06. The number of aliphatic imine (C=N–C) groups is 1. The minimum absolute atomic E-state index is 0.186. The predicted octanol–water partition coefficient (Wildman–Crippen LogP) is -0.726. The van der Waals surface area contributed by atoms with Gasteiger partial charge in [0.25, 0.3) is 0 Å². The lowest BCUT2D eigenvalue weighted by Gasteiger charge is -2.07. The minimum atomic E-state index is -0.617. The Morgan fingerprint density at radius 1 is 1.31 bits per heavy atom. The molecule has 0 aliphatic heterocycles. The molecule has 0 atom stereocenters. The topological polar surface area (TPSA) is 101 Å². The lowest BCUT2D eigenvalue weighted by Crippen LogP contribution is -2.42. The molecule has 92 valence electrons. The maximum Gasteiger partial charge on any atom is 0.345 e. The molecule has 4 amide bonds. The van der Waals surface area contributed by atoms with Crippen molar-refractivity contribution in [3.05, 3.63) is 0 Å². The third-order valence-electron chi connectivity index (χ3n) is 1.42. The molecular weight excluding hydrogens is 216 g/mol. The summed E-state index contributed by atoms with van der Waals surface area (Å²) in [5, 5.41) is 6.98. The number of amidine groups is 1. The van der Waals surface area contributed by atoms with E-state index in [1.165, 1.54) is 21.3 Å². The van der Waals surface area contributed by atoms with E-state index in [0.29, 0.717) is 13.2 Å². The van der Waals surface area contributed by atoms with Crippen LogP contribution in [0.2, 0.25) is 0 Å². The van der Waals surface area contributed by atoms with Crippen LogP contribution in [0.15, 0.2) is 4.99 Å². The molecule has 0 aromatic carbocycles. The van der Waals surface area contributed by atoms with Crippen LogP contribution in [0.3, 0.4) is 0 Å². The van der Waals surface area contributed by atoms with Crippen molar-refractivity contribution >= 4 is 18.1 Å². The van der Waals surface area contributed by atoms with E-state index < -0.39 is 12.1 Å². The largest absolute Gasteiger partial charge is 0.468 e. The SMILES string of the molecule is CNC(=O)N=C(NC(=O)NCCOC)OC. The number of carbonyl (C=O) groups excluding carboxylic acids is 2. The molecule has 0 aliphatic rings. The van der Waals surface area contributed by atoms with Gasteiger partial charge in [0.05, 0.1) is 13.7 Å². The highest BCUT2D eigenvalue weighted by Crippen LogP contribution is 1.79. The number of carbonyl (C=O) groups is 2. The van der Waals surface area contributed by atoms with E-state index in [9.17, 15) is 9.59 Å². The van der Waals surface area contributed by atoms with Crippen LogP contribution in [0.5, 0.6) is 0 Å². The van der Waals surface area contributed by atoms with Gasteiger partial charge >= 0.3 is 18.1 Å². The molecule has 0 saturated heterocycles. The Labute approximate surface area is 93.4 Å². The number of methoxy groups -OCH3 is 2. The van der Waals surface area contributed by atoms with Crippen molar-refractivity contribution in [3.8, 4) is 0 Å². The minimum Gasteiger partial charge on any atom is -0.468 e. The lowest BCUT2D eigenvalue weighted by molar-refractivity contribution is 0.196. The molecule has 0 heterocycles. The van der Waals surface area contributed by atoms with E-state index in [2.05, 4.69) is 25.7 Å². The fourth-order valence-electron chi connectivity index (χ4n) is 0.681. The molecule has 0 rings (SSSR count). The Morgan fingerprint density at radius 2 is 2.00 bits per heavy atom. The predicted molar refractivity (Wildman–Crippen MR) is 57.3 cm³/mol. The normalized spacial score (nSPS) is 10.6. The van der Waals surface area contributed by atoms with Crippen molar-refractivity contribution < 1.29 is 19.1 Å². The zero-order chi connectivity index (χ0) is 12.4. The summed E-state index contributed by atoms with van der Waals surface area (Å²) >= 11 is 0. The lowest BCUT2D eigenvalue weighted by atomic mass is 10.7. The van der Waals surface area contributed by atoms with Crippen molar-refractivity contribution in [1.82, 2.24) is 16.0 Å². The summed E-state index contributed by atoms with van der Waals surface area (Å²) in [5.41, 5.74) is 0. The second kappa shape index (κ2) is 8.48. The van der Waals surface area contributed by atoms with Crippen molar-refractivity contribution in [2.24, 2.45) is 4.99 Å². The van der Waals surface area contributed by atoms with Crippen molar-refractivity contribution in [2.75, 3.05) is 34.4 Å². The second-order valence-electron chi connectivity index (χ2n) is 2.55. The van der Waals surface area contributed by atoms with Gasteiger partial charge in [0.1, 0.15) is 0 Å². The Kier molecular flexibility index (Phi) is 7.51. The number of hydrogen-bond donors (Lipinski definition) is 3. The van der Waals surface area contributed by atoms with Gasteiger partial charge < -0.3 is 20.1 Å². The third kappa shape index (κ3) is 6.60. The quantitative estimate of drug-likeness (QED) is 0.339. The maximum atomic E-state index is 11.2. The average Bonchev–Trinajstić information content (AvgIpc) is 2.28. The highest BCUT2D eigenvalue weighted by molar-refractivity contribution is 5.98. The molecule has 0 saturated carbocycles. The van der Waals surface area contributed by atoms with E-state index in [1.807, 2.05) is 0 Å². The molecule has 8 nitrogen and oxygen atoms in total. The van der Waals surface area contributed by atoms with Gasteiger partial charge in [-0.2, -0.15) is 0 Å². The molecule has 0 fully saturated rings. The van der Waals surface area contributed by atoms with E-state index in [1.54, 1.807) is 0 Å². The number of urea groups is 2. The van der Waals surface area contributed by atoms with E-state index in [-0.39, 0.29) is 6.02 Å². The number of amides is 4. The summed E-state index contributed by atoms with van der Waals surface area (Å²) in [5.74, 6) is 0. The summed E-state index contributed by atoms with van der Waals surface area (Å²) in [4.78, 5) is 25.5. The number of nitrogens with one attached hydrogen (secondary N) is 3. The first-order valence-electron chi connectivity index (χ1n) is 4.52. The summed E-state index contributed by atoms with van der Waals surface area (Å²) in [6.45, 7) is 0.738. The third-order valence-corrected chi connectivity index (χ3v) is 1.42. The van der Waals surface area contributed by atoms with Crippen molar-refractivity contribution in [3.63, 3.8) is 0 Å². The zero-order valence-corrected chi connectivity index (χ0v) is 9.49. The molecule has 8 heteroatoms. The van der Waals surface area contributed by atoms with Gasteiger partial charge in [-0.15, -0.1) is 4.99 Å². The molecule has 0 aromatic rings. The molecule has 0 spiro atoms. The Bertz CT molecular complexity index is 267. The van der Waals surface area contributed by atoms with Gasteiger partial charge in [0, 0.05) is 20.7 Å². The van der Waals surface area contributed by atoms with Crippen molar-refractivity contribution in [2.45, 2.75) is 0 Å². The molecule has 16 heavy (non-hydrogen) atoms. The van der Waals surface area contributed by atoms with E-state index >= 15 is 0 Å². The first kappa shape index (κ1) is 14.2. The van der Waals surface area contributed by atoms with Gasteiger partial charge in [-0.3, -0.25) is 5.32 Å². The van der Waals surface area contributed by atoms with Crippen LogP contribution in [0.1, 0.15) is 0 Å². The molecule has 0 aliphatic carbocycles. The summed E-state index contributed by atoms with van der Waals surface area (Å²) in [7, 11) is 4.22. The molecular formula is C8H16N4O4. The fourth-order valence-corrected chi connectivity index (χ4v) is 0.681. The van der Waals surface area contributed by atoms with Crippen LogP contribution in [-0.4, -0.2) is 52.5 Å². The first-order chi connectivity index (χ1) is 7.63. The van der Waals surface area contributed by atoms with Crippen LogP contribution < -0.4 is 16.0 Å². The Hall–Kier alpha value is -1.83. The zero-order valence-electron chi connectivity index (χ0n) is 9.49. The molecule has 0 radical (unpaired) electrons. The molecule has 0 unspecified atom stereocenters. The van der Waals surface area contributed by atoms with Crippen LogP contribution in [-0.2, 0) is 9.47 Å². The van der Waals surface area contributed by atoms with E-state index in [4.69, 9.17) is 4.74 Å². The fraction of sp³-hybridized carbons (Fsp3) is 0.625. The molecule has 0 bridgehead atoms. The van der Waals surface area contributed by atoms with Gasteiger partial charge in [-0.1, -0.05) is 0 Å². The summed E-state index contributed by atoms with van der Waals surface area (Å²) in [6.07, 6.45) is 0. The van der Waals surface area contributed by atoms with Gasteiger partial charge in [0.15, 0.2) is 0 Å². The van der Waals surface area contributed by atoms with Crippen LogP contribution >= 0.6 is 0 Å². The molecule has 3 N–H and O–H groups in total. The number of hydrogen-bond acceptors (Lipinski definition) is 4. The average molecular weight is 232 g/mol. The van der Waals surface area contributed by atoms with Gasteiger partial charge in [-0.05, 0) is 0 Å². The smallest absolute Gasteiger partial charge is 0.345 e. The highest BCUT2D eigenvalue weighted by Gasteiger charge is 2.06. The first-order valence-corrected chi connectivity index (χ1v) is 4.52. The number of ether oxygens (including phenoxy) is 2. The van der Waals surface area contributed by atoms with E-state index in [0.717, 1.165) is 0 Å². The van der Waals surface area contributed by atoms with Crippen LogP contribution in [0, 0.1) is 0 Å². The molecule has 0 aromatic heterocycles. The van der Waals surface area contributed by atoms with Crippen LogP contribution in [0.25, 0.3) is 0 Å². The number of nitrogens with zero attached hydrogens (tertiary/aromatic N) is 1.